The number of piperazine rings is 1. The largest absolute Gasteiger partial charge is 0.454 e. The minimum absolute atomic E-state index is 0.0922. The fourth-order valence-corrected chi connectivity index (χ4v) is 4.73. The molecule has 0 saturated carbocycles. The summed E-state index contributed by atoms with van der Waals surface area (Å²) in [5.74, 6) is 2.51. The lowest BCUT2D eigenvalue weighted by molar-refractivity contribution is 0.0530. The van der Waals surface area contributed by atoms with E-state index in [2.05, 4.69) is 9.97 Å². The number of fused-ring (bicyclic) bond motifs is 4. The van der Waals surface area contributed by atoms with Gasteiger partial charge in [0.1, 0.15) is 11.4 Å². The number of ether oxygens (including phenoxy) is 4. The third kappa shape index (κ3) is 2.95. The van der Waals surface area contributed by atoms with Gasteiger partial charge in [-0.1, -0.05) is 0 Å². The van der Waals surface area contributed by atoms with Crippen LogP contribution in [0.2, 0.25) is 0 Å². The molecule has 2 aromatic heterocycles. The van der Waals surface area contributed by atoms with Crippen LogP contribution in [0.25, 0.3) is 21.8 Å². The van der Waals surface area contributed by atoms with Gasteiger partial charge in [0.15, 0.2) is 23.0 Å². The van der Waals surface area contributed by atoms with Crippen molar-refractivity contribution >= 4 is 33.6 Å². The first-order valence-electron chi connectivity index (χ1n) is 11.1. The summed E-state index contributed by atoms with van der Waals surface area (Å²) < 4.78 is 21.7. The van der Waals surface area contributed by atoms with Crippen LogP contribution in [0.5, 0.6) is 23.0 Å². The van der Waals surface area contributed by atoms with Crippen LogP contribution >= 0.6 is 0 Å². The fraction of sp³-hybridized carbons (Fsp3) is 0.250. The van der Waals surface area contributed by atoms with E-state index in [1.807, 2.05) is 36.4 Å². The summed E-state index contributed by atoms with van der Waals surface area (Å²) in [5.41, 5.74) is 2.65. The number of aromatic amines is 2. The first-order chi connectivity index (χ1) is 16.6. The van der Waals surface area contributed by atoms with E-state index in [0.29, 0.717) is 60.6 Å². The second-order valence-electron chi connectivity index (χ2n) is 8.54. The summed E-state index contributed by atoms with van der Waals surface area (Å²) in [6, 6.07) is 11.1. The Morgan fingerprint density at radius 1 is 0.588 bits per heavy atom. The predicted molar refractivity (Wildman–Crippen MR) is 121 cm³/mol. The average Bonchev–Trinajstić information content (AvgIpc) is 3.64. The van der Waals surface area contributed by atoms with Crippen molar-refractivity contribution in [1.29, 1.82) is 0 Å². The molecule has 0 bridgehead atoms. The van der Waals surface area contributed by atoms with Crippen molar-refractivity contribution in [2.24, 2.45) is 0 Å². The van der Waals surface area contributed by atoms with E-state index < -0.39 is 0 Å². The van der Waals surface area contributed by atoms with Crippen LogP contribution in [-0.4, -0.2) is 71.3 Å². The molecule has 0 radical (unpaired) electrons. The molecule has 2 aromatic carbocycles. The third-order valence-corrected chi connectivity index (χ3v) is 6.54. The van der Waals surface area contributed by atoms with Crippen LogP contribution < -0.4 is 18.9 Å². The van der Waals surface area contributed by atoms with E-state index in [0.717, 1.165) is 21.8 Å². The van der Waals surface area contributed by atoms with Crippen LogP contribution in [0.15, 0.2) is 36.4 Å². The van der Waals surface area contributed by atoms with E-state index in [9.17, 15) is 9.59 Å². The highest BCUT2D eigenvalue weighted by molar-refractivity contribution is 6.00. The monoisotopic (exact) mass is 460 g/mol. The normalized spacial score (nSPS) is 16.6. The Labute approximate surface area is 192 Å². The molecule has 2 amide bonds. The Morgan fingerprint density at radius 3 is 1.38 bits per heavy atom. The molecule has 3 aliphatic rings. The number of nitrogens with one attached hydrogen (secondary N) is 2. The van der Waals surface area contributed by atoms with Crippen molar-refractivity contribution in [3.8, 4) is 23.0 Å². The highest BCUT2D eigenvalue weighted by Crippen LogP contribution is 2.37. The number of carbonyl (C=O) groups is 2. The van der Waals surface area contributed by atoms with E-state index >= 15 is 0 Å². The highest BCUT2D eigenvalue weighted by Gasteiger charge is 2.28. The Bertz CT molecular complexity index is 1290. The second-order valence-corrected chi connectivity index (χ2v) is 8.54. The molecule has 1 saturated heterocycles. The molecule has 5 heterocycles. The first-order valence-corrected chi connectivity index (χ1v) is 11.1. The lowest BCUT2D eigenvalue weighted by Gasteiger charge is -2.34. The molecule has 7 rings (SSSR count). The van der Waals surface area contributed by atoms with Crippen LogP contribution in [0.1, 0.15) is 21.0 Å². The summed E-state index contributed by atoms with van der Waals surface area (Å²) in [4.78, 5) is 36.1. The average molecular weight is 460 g/mol. The molecule has 2 N–H and O–H groups in total. The Hall–Kier alpha value is -4.34. The van der Waals surface area contributed by atoms with Crippen molar-refractivity contribution in [2.75, 3.05) is 39.8 Å². The number of rotatable bonds is 2. The zero-order chi connectivity index (χ0) is 22.8. The maximum absolute atomic E-state index is 13.1. The third-order valence-electron chi connectivity index (χ3n) is 6.54. The molecule has 0 aliphatic carbocycles. The minimum atomic E-state index is -0.0922. The van der Waals surface area contributed by atoms with Gasteiger partial charge in [0, 0.05) is 60.1 Å². The molecule has 10 nitrogen and oxygen atoms in total. The number of aromatic nitrogens is 2. The van der Waals surface area contributed by atoms with Crippen molar-refractivity contribution < 1.29 is 28.5 Å². The van der Waals surface area contributed by atoms with Crippen molar-refractivity contribution in [3.05, 3.63) is 47.8 Å². The van der Waals surface area contributed by atoms with Gasteiger partial charge in [0.05, 0.1) is 0 Å². The summed E-state index contributed by atoms with van der Waals surface area (Å²) in [7, 11) is 0. The van der Waals surface area contributed by atoms with Gasteiger partial charge in [-0.25, -0.2) is 0 Å². The van der Waals surface area contributed by atoms with Gasteiger partial charge in [-0.15, -0.1) is 0 Å². The minimum Gasteiger partial charge on any atom is -0.454 e. The Kier molecular flexibility index (Phi) is 3.99. The summed E-state index contributed by atoms with van der Waals surface area (Å²) >= 11 is 0. The van der Waals surface area contributed by atoms with Crippen LogP contribution in [0.3, 0.4) is 0 Å². The molecule has 1 fully saturated rings. The molecule has 172 valence electrons. The highest BCUT2D eigenvalue weighted by atomic mass is 16.7. The van der Waals surface area contributed by atoms with Gasteiger partial charge in [-0.3, -0.25) is 9.59 Å². The molecule has 0 unspecified atom stereocenters. The van der Waals surface area contributed by atoms with Crippen LogP contribution in [-0.2, 0) is 0 Å². The standard InChI is InChI=1S/C24H20N4O6/c29-23(17-5-13-7-19-21(33-11-31-19)9-15(13)25-17)27-1-2-28(4-3-27)24(30)18-6-14-8-20-22(34-12-32-20)10-16(14)26-18/h5-10,25-26H,1-4,11-12H2. The van der Waals surface area contributed by atoms with Gasteiger partial charge in [0.2, 0.25) is 13.6 Å². The van der Waals surface area contributed by atoms with Crippen molar-refractivity contribution in [3.63, 3.8) is 0 Å². The maximum atomic E-state index is 13.1. The molecule has 34 heavy (non-hydrogen) atoms. The number of nitrogens with zero attached hydrogens (tertiary/aromatic N) is 2. The quantitative estimate of drug-likeness (QED) is 0.476. The van der Waals surface area contributed by atoms with E-state index in [1.165, 1.54) is 0 Å². The second kappa shape index (κ2) is 7.08. The van der Waals surface area contributed by atoms with E-state index in [4.69, 9.17) is 18.9 Å². The molecular weight excluding hydrogens is 440 g/mol. The molecule has 4 aromatic rings. The number of hydrogen-bond acceptors (Lipinski definition) is 6. The Morgan fingerprint density at radius 2 is 0.971 bits per heavy atom. The smallest absolute Gasteiger partial charge is 0.270 e. The SMILES string of the molecule is O=C(c1cc2cc3c(cc2[nH]1)OCO3)N1CCN(C(=O)c2cc3cc4c(cc3[nH]2)OCO4)CC1. The fourth-order valence-electron chi connectivity index (χ4n) is 4.73. The first kappa shape index (κ1) is 19.2. The molecular formula is C24H20N4O6. The number of benzene rings is 2. The number of amides is 2. The van der Waals surface area contributed by atoms with Crippen LogP contribution in [0.4, 0.5) is 0 Å². The van der Waals surface area contributed by atoms with Crippen molar-refractivity contribution in [1.82, 2.24) is 19.8 Å². The molecule has 0 atom stereocenters. The number of hydrogen-bond donors (Lipinski definition) is 2. The lowest BCUT2D eigenvalue weighted by Crippen LogP contribution is -2.50. The maximum Gasteiger partial charge on any atom is 0.270 e. The van der Waals surface area contributed by atoms with Gasteiger partial charge in [-0.2, -0.15) is 0 Å². The van der Waals surface area contributed by atoms with Gasteiger partial charge >= 0.3 is 0 Å². The van der Waals surface area contributed by atoms with Crippen molar-refractivity contribution in [2.45, 2.75) is 0 Å². The summed E-state index contributed by atoms with van der Waals surface area (Å²) in [6.45, 7) is 2.25. The molecule has 0 spiro atoms. The van der Waals surface area contributed by atoms with Gasteiger partial charge in [0.25, 0.3) is 11.8 Å². The topological polar surface area (TPSA) is 109 Å². The van der Waals surface area contributed by atoms with Gasteiger partial charge < -0.3 is 38.7 Å². The number of H-pyrrole nitrogens is 2. The lowest BCUT2D eigenvalue weighted by atomic mass is 10.2. The summed E-state index contributed by atoms with van der Waals surface area (Å²) in [6.07, 6.45) is 0. The molecule has 3 aliphatic heterocycles. The number of carbonyl (C=O) groups excluding carboxylic acids is 2. The Balaban J connectivity index is 1.05. The van der Waals surface area contributed by atoms with E-state index in [1.54, 1.807) is 9.80 Å². The van der Waals surface area contributed by atoms with Gasteiger partial charge in [-0.05, 0) is 24.3 Å². The zero-order valence-corrected chi connectivity index (χ0v) is 18.1. The zero-order valence-electron chi connectivity index (χ0n) is 18.1. The van der Waals surface area contributed by atoms with E-state index in [-0.39, 0.29) is 25.4 Å². The molecule has 10 heteroatoms. The predicted octanol–water partition coefficient (Wildman–Crippen LogP) is 2.70. The summed E-state index contributed by atoms with van der Waals surface area (Å²) in [5, 5.41) is 1.78. The van der Waals surface area contributed by atoms with Crippen LogP contribution in [0, 0.1) is 0 Å².